The van der Waals surface area contributed by atoms with Crippen LogP contribution in [0, 0.1) is 0 Å². The van der Waals surface area contributed by atoms with Crippen LogP contribution in [0.1, 0.15) is 117 Å². The molecule has 0 radical (unpaired) electrons. The number of hydrogen-bond donors (Lipinski definition) is 2. The molecule has 23 heavy (non-hydrogen) atoms. The molecule has 0 amide bonds. The predicted molar refractivity (Wildman–Crippen MR) is 99.7 cm³/mol. The molecular formula is C20H43NO2. The number of rotatable bonds is 18. The van der Waals surface area contributed by atoms with E-state index in [0.717, 1.165) is 11.5 Å². The Hall–Kier alpha value is -0.120. The minimum atomic E-state index is -0.679. The Balaban J connectivity index is 3.08. The lowest BCUT2D eigenvalue weighted by Gasteiger charge is -2.19. The minimum absolute atomic E-state index is 0.486. The molecule has 0 saturated carbocycles. The molecule has 0 fully saturated rings. The molecule has 0 bridgehead atoms. The van der Waals surface area contributed by atoms with Gasteiger partial charge in [-0.3, -0.25) is 0 Å². The lowest BCUT2D eigenvalue weighted by atomic mass is 10.0. The maximum atomic E-state index is 9.60. The molecule has 0 heterocycles. The quantitative estimate of drug-likeness (QED) is 0.177. The second-order valence-corrected chi connectivity index (χ2v) is 6.97. The molecule has 1 unspecified atom stereocenters. The molecule has 0 aliphatic carbocycles. The first kappa shape index (κ1) is 22.9. The fourth-order valence-electron chi connectivity index (χ4n) is 3.06. The lowest BCUT2D eigenvalue weighted by Crippen LogP contribution is -2.31. The molecule has 1 atom stereocenters. The van der Waals surface area contributed by atoms with Crippen molar-refractivity contribution in [3.05, 3.63) is 0 Å². The van der Waals surface area contributed by atoms with Gasteiger partial charge in [-0.15, -0.1) is 0 Å². The van der Waals surface area contributed by atoms with Gasteiger partial charge in [-0.05, 0) is 19.8 Å². The molecule has 0 aromatic heterocycles. The summed E-state index contributed by atoms with van der Waals surface area (Å²) < 4.78 is 0. The highest BCUT2D eigenvalue weighted by Gasteiger charge is 2.09. The smallest absolute Gasteiger partial charge is 0.129 e. The molecule has 0 aliphatic rings. The number of hydroxylamine groups is 2. The van der Waals surface area contributed by atoms with Gasteiger partial charge in [-0.2, -0.15) is 5.06 Å². The van der Waals surface area contributed by atoms with Gasteiger partial charge in [0, 0.05) is 6.54 Å². The summed E-state index contributed by atoms with van der Waals surface area (Å²) in [4.78, 5) is 0. The van der Waals surface area contributed by atoms with E-state index in [9.17, 15) is 10.3 Å². The largest absolute Gasteiger partial charge is 0.376 e. The van der Waals surface area contributed by atoms with Gasteiger partial charge in [-0.25, -0.2) is 0 Å². The van der Waals surface area contributed by atoms with Gasteiger partial charge in [0.15, 0.2) is 0 Å². The number of hydrogen-bond acceptors (Lipinski definition) is 3. The van der Waals surface area contributed by atoms with Crippen molar-refractivity contribution in [3.63, 3.8) is 0 Å². The van der Waals surface area contributed by atoms with Gasteiger partial charge in [0.2, 0.25) is 0 Å². The van der Waals surface area contributed by atoms with Gasteiger partial charge in [-0.1, -0.05) is 96.8 Å². The molecule has 0 rings (SSSR count). The zero-order valence-corrected chi connectivity index (χ0v) is 15.9. The molecule has 0 aromatic rings. The van der Waals surface area contributed by atoms with Crippen molar-refractivity contribution in [1.29, 1.82) is 0 Å². The van der Waals surface area contributed by atoms with Crippen LogP contribution in [-0.2, 0) is 0 Å². The van der Waals surface area contributed by atoms with Crippen molar-refractivity contribution < 1.29 is 10.3 Å². The number of aliphatic hydroxyl groups is 1. The monoisotopic (exact) mass is 329 g/mol. The van der Waals surface area contributed by atoms with Crippen molar-refractivity contribution in [3.8, 4) is 0 Å². The predicted octanol–water partition coefficient (Wildman–Crippen LogP) is 6.28. The maximum Gasteiger partial charge on any atom is 0.129 e. The highest BCUT2D eigenvalue weighted by Crippen LogP contribution is 2.14. The molecule has 3 heteroatoms. The van der Waals surface area contributed by atoms with Crippen LogP contribution in [0.2, 0.25) is 0 Å². The summed E-state index contributed by atoms with van der Waals surface area (Å²) in [5.41, 5.74) is 0. The lowest BCUT2D eigenvalue weighted by molar-refractivity contribution is -0.195. The molecule has 2 N–H and O–H groups in total. The fraction of sp³-hybridized carbons (Fsp3) is 1.00. The van der Waals surface area contributed by atoms with Crippen molar-refractivity contribution >= 4 is 0 Å². The Morgan fingerprint density at radius 1 is 0.609 bits per heavy atom. The van der Waals surface area contributed by atoms with E-state index in [-0.39, 0.29) is 0 Å². The van der Waals surface area contributed by atoms with Crippen LogP contribution >= 0.6 is 0 Å². The number of unbranched alkanes of at least 4 members (excludes halogenated alkanes) is 14. The third-order valence-corrected chi connectivity index (χ3v) is 4.73. The van der Waals surface area contributed by atoms with E-state index >= 15 is 0 Å². The summed E-state index contributed by atoms with van der Waals surface area (Å²) in [7, 11) is 0. The first-order chi connectivity index (χ1) is 11.2. The summed E-state index contributed by atoms with van der Waals surface area (Å²) in [5, 5.41) is 19.9. The third-order valence-electron chi connectivity index (χ3n) is 4.73. The SMILES string of the molecule is CCCCCCCCCCCCCCCCCC(O)N(O)CC. The highest BCUT2D eigenvalue weighted by atomic mass is 16.5. The Labute approximate surface area is 145 Å². The second kappa shape index (κ2) is 18.2. The molecule has 0 saturated heterocycles. The van der Waals surface area contributed by atoms with Gasteiger partial charge in [0.1, 0.15) is 6.23 Å². The van der Waals surface area contributed by atoms with E-state index in [1.54, 1.807) is 0 Å². The Morgan fingerprint density at radius 3 is 1.30 bits per heavy atom. The van der Waals surface area contributed by atoms with Crippen LogP contribution in [-0.4, -0.2) is 28.1 Å². The van der Waals surface area contributed by atoms with Gasteiger partial charge >= 0.3 is 0 Å². The standard InChI is InChI=1S/C20H43NO2/c1-3-5-6-7-8-9-10-11-12-13-14-15-16-17-18-19-20(22)21(23)4-2/h20,22-23H,3-19H2,1-2H3. The second-order valence-electron chi connectivity index (χ2n) is 6.97. The van der Waals surface area contributed by atoms with Crippen LogP contribution in [0.4, 0.5) is 0 Å². The molecule has 0 spiro atoms. The molecule has 3 nitrogen and oxygen atoms in total. The summed E-state index contributed by atoms with van der Waals surface area (Å²) in [6, 6.07) is 0. The Kier molecular flexibility index (Phi) is 18.1. The summed E-state index contributed by atoms with van der Waals surface area (Å²) in [6.45, 7) is 4.61. The average molecular weight is 330 g/mol. The van der Waals surface area contributed by atoms with E-state index < -0.39 is 6.23 Å². The summed E-state index contributed by atoms with van der Waals surface area (Å²) >= 11 is 0. The Morgan fingerprint density at radius 2 is 0.957 bits per heavy atom. The van der Waals surface area contributed by atoms with E-state index in [4.69, 9.17) is 0 Å². The molecular weight excluding hydrogens is 286 g/mol. The maximum absolute atomic E-state index is 9.60. The van der Waals surface area contributed by atoms with E-state index in [1.165, 1.54) is 89.9 Å². The van der Waals surface area contributed by atoms with E-state index in [0.29, 0.717) is 13.0 Å². The van der Waals surface area contributed by atoms with E-state index in [1.807, 2.05) is 6.92 Å². The fourth-order valence-corrected chi connectivity index (χ4v) is 3.06. The molecule has 140 valence electrons. The van der Waals surface area contributed by atoms with Crippen LogP contribution in [0.3, 0.4) is 0 Å². The highest BCUT2D eigenvalue weighted by molar-refractivity contribution is 4.53. The van der Waals surface area contributed by atoms with Crippen LogP contribution < -0.4 is 0 Å². The van der Waals surface area contributed by atoms with Crippen molar-refractivity contribution in [1.82, 2.24) is 5.06 Å². The van der Waals surface area contributed by atoms with Crippen molar-refractivity contribution in [2.75, 3.05) is 6.54 Å². The number of nitrogens with zero attached hydrogens (tertiary/aromatic N) is 1. The molecule has 0 aromatic carbocycles. The third kappa shape index (κ3) is 16.5. The zero-order chi connectivity index (χ0) is 17.2. The normalized spacial score (nSPS) is 12.9. The first-order valence-corrected chi connectivity index (χ1v) is 10.4. The van der Waals surface area contributed by atoms with Gasteiger partial charge in [0.25, 0.3) is 0 Å². The minimum Gasteiger partial charge on any atom is -0.376 e. The van der Waals surface area contributed by atoms with Gasteiger partial charge in [0.05, 0.1) is 0 Å². The Bertz CT molecular complexity index is 224. The number of aliphatic hydroxyl groups excluding tert-OH is 1. The average Bonchev–Trinajstić information content (AvgIpc) is 2.57. The first-order valence-electron chi connectivity index (χ1n) is 10.4. The van der Waals surface area contributed by atoms with Gasteiger partial charge < -0.3 is 10.3 Å². The summed E-state index contributed by atoms with van der Waals surface area (Å²) in [5.74, 6) is 0. The topological polar surface area (TPSA) is 43.7 Å². The van der Waals surface area contributed by atoms with Crippen LogP contribution in [0.5, 0.6) is 0 Å². The van der Waals surface area contributed by atoms with Crippen LogP contribution in [0.15, 0.2) is 0 Å². The zero-order valence-electron chi connectivity index (χ0n) is 15.9. The summed E-state index contributed by atoms with van der Waals surface area (Å²) in [6.07, 6.45) is 20.3. The van der Waals surface area contributed by atoms with E-state index in [2.05, 4.69) is 6.92 Å². The van der Waals surface area contributed by atoms with Crippen molar-refractivity contribution in [2.45, 2.75) is 123 Å². The van der Waals surface area contributed by atoms with Crippen molar-refractivity contribution in [2.24, 2.45) is 0 Å². The molecule has 0 aliphatic heterocycles. The van der Waals surface area contributed by atoms with Crippen LogP contribution in [0.25, 0.3) is 0 Å².